The summed E-state index contributed by atoms with van der Waals surface area (Å²) in [5.41, 5.74) is 7.86. The minimum Gasteiger partial charge on any atom is -0.355 e. The predicted octanol–water partition coefficient (Wildman–Crippen LogP) is 9.24. The highest BCUT2D eigenvalue weighted by Crippen LogP contribution is 2.33. The molecule has 188 valence electrons. The Kier molecular flexibility index (Phi) is 5.10. The molecule has 3 aromatic heterocycles. The van der Waals surface area contributed by atoms with E-state index < -0.39 is 0 Å². The van der Waals surface area contributed by atoms with Crippen LogP contribution in [0.1, 0.15) is 22.8 Å². The van der Waals surface area contributed by atoms with Crippen LogP contribution in [0.4, 0.5) is 0 Å². The van der Waals surface area contributed by atoms with Gasteiger partial charge in [-0.15, -0.1) is 0 Å². The van der Waals surface area contributed by atoms with Crippen molar-refractivity contribution in [1.29, 1.82) is 0 Å². The molecule has 8 bridgehead atoms. The smallest absolute Gasteiger partial charge is 0.0659 e. The molecule has 0 fully saturated rings. The molecular weight excluding hydrogens is 488 g/mol. The minimum absolute atomic E-state index is 0.915. The number of benzene rings is 4. The zero-order chi connectivity index (χ0) is 26.5. The molecule has 0 aliphatic carbocycles. The maximum atomic E-state index is 4.62. The van der Waals surface area contributed by atoms with Crippen LogP contribution in [0.25, 0.3) is 78.7 Å². The number of rotatable bonds is 0. The average molecular weight is 513 g/mol. The summed E-state index contributed by atoms with van der Waals surface area (Å²) in [6, 6.07) is 38.3. The van der Waals surface area contributed by atoms with Crippen molar-refractivity contribution in [2.75, 3.05) is 0 Å². The highest BCUT2D eigenvalue weighted by molar-refractivity contribution is 6.22. The van der Waals surface area contributed by atoms with Crippen LogP contribution in [0.2, 0.25) is 0 Å². The van der Waals surface area contributed by atoms with Crippen molar-refractivity contribution in [3.63, 3.8) is 0 Å². The average Bonchev–Trinajstić information content (AvgIpc) is 3.79. The SMILES string of the molecule is C1=Cc2cc3ccc(cc4ccc(cc5nc(cc1n2)C=C5)[nH]4)[nH]3.c1cc2ccc3cccc4ccc(c1)c2c34. The summed E-state index contributed by atoms with van der Waals surface area (Å²) in [4.78, 5) is 16.0. The third-order valence-corrected chi connectivity index (χ3v) is 7.43. The van der Waals surface area contributed by atoms with Gasteiger partial charge in [0.15, 0.2) is 0 Å². The van der Waals surface area contributed by atoms with Gasteiger partial charge in [-0.05, 0) is 105 Å². The number of H-pyrrole nitrogens is 2. The quantitative estimate of drug-likeness (QED) is 0.199. The van der Waals surface area contributed by atoms with Gasteiger partial charge in [-0.1, -0.05) is 60.7 Å². The summed E-state index contributed by atoms with van der Waals surface area (Å²) in [5.74, 6) is 0. The molecule has 2 aliphatic rings. The molecule has 9 rings (SSSR count). The van der Waals surface area contributed by atoms with Crippen molar-refractivity contribution in [3.8, 4) is 0 Å². The van der Waals surface area contributed by atoms with Gasteiger partial charge in [-0.3, -0.25) is 0 Å². The van der Waals surface area contributed by atoms with Crippen LogP contribution in [0, 0.1) is 0 Å². The van der Waals surface area contributed by atoms with E-state index in [0.717, 1.165) is 44.8 Å². The first-order chi connectivity index (χ1) is 19.7. The summed E-state index contributed by atoms with van der Waals surface area (Å²) in [6.45, 7) is 0. The Morgan fingerprint density at radius 3 is 1.10 bits per heavy atom. The van der Waals surface area contributed by atoms with Gasteiger partial charge < -0.3 is 9.97 Å². The Hall–Kier alpha value is -5.48. The summed E-state index contributed by atoms with van der Waals surface area (Å²) in [6.07, 6.45) is 8.05. The number of nitrogens with zero attached hydrogens (tertiary/aromatic N) is 2. The first kappa shape index (κ1) is 22.5. The van der Waals surface area contributed by atoms with Crippen LogP contribution in [-0.2, 0) is 0 Å². The highest BCUT2D eigenvalue weighted by Gasteiger charge is 2.06. The fourth-order valence-electron chi connectivity index (χ4n) is 5.61. The van der Waals surface area contributed by atoms with E-state index in [0.29, 0.717) is 0 Å². The van der Waals surface area contributed by atoms with Crippen molar-refractivity contribution < 1.29 is 0 Å². The van der Waals surface area contributed by atoms with Crippen molar-refractivity contribution in [3.05, 3.63) is 132 Å². The van der Waals surface area contributed by atoms with Crippen LogP contribution in [0.15, 0.2) is 109 Å². The van der Waals surface area contributed by atoms with Crippen molar-refractivity contribution in [2.24, 2.45) is 0 Å². The molecule has 4 aromatic carbocycles. The van der Waals surface area contributed by atoms with E-state index >= 15 is 0 Å². The standard InChI is InChI=1S/C20H14N4.C16H10/c1-2-14-10-16-5-6-18(23-16)12-20-8-7-19(24-20)11-17-4-3-15(22-17)9-13(1)21-14;1-3-11-7-9-13-5-2-6-14-10-8-12(4-1)15(11)16(13)14/h1-12,21-22H;1-10H. The lowest BCUT2D eigenvalue weighted by Crippen LogP contribution is -1.82. The molecule has 5 heterocycles. The summed E-state index contributed by atoms with van der Waals surface area (Å²) < 4.78 is 0. The van der Waals surface area contributed by atoms with Gasteiger partial charge in [0, 0.05) is 22.1 Å². The van der Waals surface area contributed by atoms with E-state index in [4.69, 9.17) is 0 Å². The van der Waals surface area contributed by atoms with E-state index in [9.17, 15) is 0 Å². The molecular formula is C36H24N4. The zero-order valence-electron chi connectivity index (χ0n) is 21.6. The third-order valence-electron chi connectivity index (χ3n) is 7.43. The largest absolute Gasteiger partial charge is 0.355 e. The Labute approximate surface area is 230 Å². The molecule has 4 nitrogen and oxygen atoms in total. The van der Waals surface area contributed by atoms with Crippen molar-refractivity contribution in [2.45, 2.75) is 0 Å². The Morgan fingerprint density at radius 1 is 0.350 bits per heavy atom. The number of aromatic amines is 2. The van der Waals surface area contributed by atoms with E-state index in [2.05, 4.69) is 111 Å². The lowest BCUT2D eigenvalue weighted by molar-refractivity contribution is 1.28. The van der Waals surface area contributed by atoms with Crippen molar-refractivity contribution in [1.82, 2.24) is 19.9 Å². The van der Waals surface area contributed by atoms with E-state index in [1.807, 2.05) is 42.5 Å². The maximum absolute atomic E-state index is 4.62. The number of hydrogen-bond acceptors (Lipinski definition) is 2. The van der Waals surface area contributed by atoms with Crippen LogP contribution < -0.4 is 0 Å². The zero-order valence-corrected chi connectivity index (χ0v) is 21.6. The second-order valence-corrected chi connectivity index (χ2v) is 10.2. The number of hydrogen-bond donors (Lipinski definition) is 2. The van der Waals surface area contributed by atoms with E-state index in [1.165, 1.54) is 32.3 Å². The number of fused-ring (bicyclic) bond motifs is 8. The molecule has 2 aliphatic heterocycles. The monoisotopic (exact) mass is 512 g/mol. The highest BCUT2D eigenvalue weighted by atomic mass is 14.8. The lowest BCUT2D eigenvalue weighted by atomic mass is 9.95. The fourth-order valence-corrected chi connectivity index (χ4v) is 5.61. The van der Waals surface area contributed by atoms with Crippen LogP contribution in [0.3, 0.4) is 0 Å². The van der Waals surface area contributed by atoms with Crippen LogP contribution in [0.5, 0.6) is 0 Å². The Morgan fingerprint density at radius 2 is 0.700 bits per heavy atom. The maximum Gasteiger partial charge on any atom is 0.0659 e. The molecule has 0 atom stereocenters. The summed E-state index contributed by atoms with van der Waals surface area (Å²) in [7, 11) is 0. The third kappa shape index (κ3) is 4.12. The first-order valence-electron chi connectivity index (χ1n) is 13.4. The molecule has 0 saturated carbocycles. The molecule has 0 spiro atoms. The number of aromatic nitrogens is 4. The van der Waals surface area contributed by atoms with E-state index in [-0.39, 0.29) is 0 Å². The molecule has 40 heavy (non-hydrogen) atoms. The molecule has 0 radical (unpaired) electrons. The molecule has 7 aromatic rings. The van der Waals surface area contributed by atoms with Crippen LogP contribution >= 0.6 is 0 Å². The molecule has 4 heteroatoms. The Bertz CT molecular complexity index is 2060. The van der Waals surface area contributed by atoms with Gasteiger partial charge in [0.05, 0.1) is 22.8 Å². The molecule has 0 amide bonds. The van der Waals surface area contributed by atoms with Gasteiger partial charge in [0.1, 0.15) is 0 Å². The summed E-state index contributed by atoms with van der Waals surface area (Å²) >= 11 is 0. The van der Waals surface area contributed by atoms with Crippen LogP contribution in [-0.4, -0.2) is 19.9 Å². The van der Waals surface area contributed by atoms with E-state index in [1.54, 1.807) is 0 Å². The number of nitrogens with one attached hydrogen (secondary N) is 2. The lowest BCUT2D eigenvalue weighted by Gasteiger charge is -2.09. The second kappa shape index (κ2) is 9.07. The topological polar surface area (TPSA) is 57.4 Å². The summed E-state index contributed by atoms with van der Waals surface area (Å²) in [5, 5.41) is 8.14. The Balaban J connectivity index is 0.000000133. The molecule has 2 N–H and O–H groups in total. The van der Waals surface area contributed by atoms with Gasteiger partial charge in [0.25, 0.3) is 0 Å². The first-order valence-corrected chi connectivity index (χ1v) is 13.4. The van der Waals surface area contributed by atoms with Gasteiger partial charge >= 0.3 is 0 Å². The normalized spacial score (nSPS) is 12.3. The predicted molar refractivity (Wildman–Crippen MR) is 169 cm³/mol. The van der Waals surface area contributed by atoms with Gasteiger partial charge in [0.2, 0.25) is 0 Å². The van der Waals surface area contributed by atoms with Gasteiger partial charge in [-0.2, -0.15) is 0 Å². The fraction of sp³-hybridized carbons (Fsp3) is 0. The minimum atomic E-state index is 0.915. The molecule has 0 unspecified atom stereocenters. The second-order valence-electron chi connectivity index (χ2n) is 10.2. The van der Waals surface area contributed by atoms with Gasteiger partial charge in [-0.25, -0.2) is 9.97 Å². The molecule has 0 saturated heterocycles. The van der Waals surface area contributed by atoms with Crippen molar-refractivity contribution >= 4 is 78.7 Å².